The number of aromatic nitrogens is 1. The van der Waals surface area contributed by atoms with E-state index in [1.165, 1.54) is 24.4 Å². The van der Waals surface area contributed by atoms with Crippen LogP contribution in [0.4, 0.5) is 29.1 Å². The summed E-state index contributed by atoms with van der Waals surface area (Å²) in [6, 6.07) is 10.1. The number of nitrogens with one attached hydrogen (secondary N) is 1. The number of nitrogens with zero attached hydrogens (tertiary/aromatic N) is 3. The summed E-state index contributed by atoms with van der Waals surface area (Å²) in [5.41, 5.74) is 6.63. The Morgan fingerprint density at radius 2 is 1.95 bits per heavy atom. The second kappa shape index (κ2) is 11.4. The van der Waals surface area contributed by atoms with Crippen molar-refractivity contribution >= 4 is 17.4 Å². The molecule has 1 atom stereocenters. The van der Waals surface area contributed by atoms with Crippen LogP contribution in [0.2, 0.25) is 0 Å². The molecule has 1 amide bonds. The number of benzene rings is 2. The molecule has 0 radical (unpaired) electrons. The summed E-state index contributed by atoms with van der Waals surface area (Å²) >= 11 is 0. The summed E-state index contributed by atoms with van der Waals surface area (Å²) in [6.07, 6.45) is -2.33. The largest absolute Gasteiger partial charge is 0.416 e. The molecular weight excluding hydrogens is 510 g/mol. The van der Waals surface area contributed by atoms with E-state index in [-0.39, 0.29) is 29.2 Å². The van der Waals surface area contributed by atoms with Gasteiger partial charge in [-0.2, -0.15) is 13.2 Å². The molecule has 1 aromatic heterocycles. The number of rotatable bonds is 5. The maximum atomic E-state index is 13.9. The number of hydrogen-bond donors (Lipinski definition) is 2. The SMILES string of the molecule is Cc1ccc(C(=O)Nc2ccc(CN3CC[C@H](N(C)C)C3)c(C(F)(F)F)c2)cc1C#Cc1cnc(N)c(F)c1. The second-order valence-corrected chi connectivity index (χ2v) is 9.84. The summed E-state index contributed by atoms with van der Waals surface area (Å²) in [4.78, 5) is 20.8. The van der Waals surface area contributed by atoms with E-state index in [2.05, 4.69) is 27.0 Å². The molecule has 0 unspecified atom stereocenters. The Kier molecular flexibility index (Phi) is 8.23. The molecule has 4 rings (SSSR count). The van der Waals surface area contributed by atoms with Gasteiger partial charge in [0.1, 0.15) is 0 Å². The van der Waals surface area contributed by atoms with E-state index in [0.29, 0.717) is 23.7 Å². The van der Waals surface area contributed by atoms with Crippen molar-refractivity contribution in [1.29, 1.82) is 0 Å². The lowest BCUT2D eigenvalue weighted by molar-refractivity contribution is -0.138. The van der Waals surface area contributed by atoms with Gasteiger partial charge >= 0.3 is 6.18 Å². The third-order valence-corrected chi connectivity index (χ3v) is 6.76. The van der Waals surface area contributed by atoms with Gasteiger partial charge in [0.15, 0.2) is 11.6 Å². The molecule has 1 aliphatic heterocycles. The number of alkyl halides is 3. The van der Waals surface area contributed by atoms with E-state index in [4.69, 9.17) is 5.73 Å². The zero-order chi connectivity index (χ0) is 28.3. The maximum Gasteiger partial charge on any atom is 0.416 e. The third kappa shape index (κ3) is 6.93. The van der Waals surface area contributed by atoms with Crippen LogP contribution in [0.1, 0.15) is 44.6 Å². The van der Waals surface area contributed by atoms with Gasteiger partial charge in [-0.1, -0.05) is 24.0 Å². The zero-order valence-corrected chi connectivity index (χ0v) is 21.9. The molecular formula is C29H29F4N5O. The third-order valence-electron chi connectivity index (χ3n) is 6.76. The molecule has 6 nitrogen and oxygen atoms in total. The van der Waals surface area contributed by atoms with Crippen LogP contribution in [-0.2, 0) is 12.7 Å². The number of amides is 1. The van der Waals surface area contributed by atoms with Crippen LogP contribution in [-0.4, -0.2) is 53.9 Å². The standard InChI is InChI=1S/C29H29F4N5O/c1-18-4-6-21(13-20(18)7-5-19-12-26(30)27(34)35-15-19)28(39)36-23-9-8-22(25(14-23)29(31,32)33)16-38-11-10-24(17-38)37(2)3/h4,6,8-9,12-15,24H,10-11,16-17H2,1-3H3,(H2,34,35)(H,36,39)/t24-/m0/s1. The Morgan fingerprint density at radius 3 is 2.62 bits per heavy atom. The average Bonchev–Trinajstić information content (AvgIpc) is 3.35. The van der Waals surface area contributed by atoms with E-state index in [0.717, 1.165) is 30.7 Å². The minimum Gasteiger partial charge on any atom is -0.381 e. The Morgan fingerprint density at radius 1 is 1.18 bits per heavy atom. The molecule has 204 valence electrons. The molecule has 3 aromatic rings. The predicted molar refractivity (Wildman–Crippen MR) is 143 cm³/mol. The summed E-state index contributed by atoms with van der Waals surface area (Å²) in [7, 11) is 3.93. The summed E-state index contributed by atoms with van der Waals surface area (Å²) < 4.78 is 55.5. The Labute approximate surface area is 224 Å². The first-order chi connectivity index (χ1) is 18.4. The summed E-state index contributed by atoms with van der Waals surface area (Å²) in [5.74, 6) is 4.17. The number of nitrogens with two attached hydrogens (primary N) is 1. The number of pyridine rings is 1. The van der Waals surface area contributed by atoms with Gasteiger partial charge < -0.3 is 16.0 Å². The number of nitrogen functional groups attached to an aromatic ring is 1. The van der Waals surface area contributed by atoms with Crippen molar-refractivity contribution in [1.82, 2.24) is 14.8 Å². The monoisotopic (exact) mass is 539 g/mol. The Bertz CT molecular complexity index is 1440. The van der Waals surface area contributed by atoms with Crippen LogP contribution >= 0.6 is 0 Å². The molecule has 3 N–H and O–H groups in total. The fourth-order valence-corrected chi connectivity index (χ4v) is 4.43. The smallest absolute Gasteiger partial charge is 0.381 e. The van der Waals surface area contributed by atoms with Crippen molar-refractivity contribution in [2.45, 2.75) is 32.1 Å². The zero-order valence-electron chi connectivity index (χ0n) is 21.9. The average molecular weight is 540 g/mol. The Balaban J connectivity index is 1.52. The van der Waals surface area contributed by atoms with Crippen LogP contribution in [0, 0.1) is 24.6 Å². The second-order valence-electron chi connectivity index (χ2n) is 9.84. The van der Waals surface area contributed by atoms with Gasteiger partial charge in [-0.15, -0.1) is 0 Å². The van der Waals surface area contributed by atoms with Crippen molar-refractivity contribution in [3.05, 3.63) is 87.9 Å². The number of carbonyl (C=O) groups is 1. The predicted octanol–water partition coefficient (Wildman–Crippen LogP) is 4.92. The number of hydrogen-bond acceptors (Lipinski definition) is 5. The van der Waals surface area contributed by atoms with Crippen LogP contribution in [0.15, 0.2) is 48.7 Å². The number of aryl methyl sites for hydroxylation is 1. The quantitative estimate of drug-likeness (QED) is 0.356. The normalized spacial score (nSPS) is 15.7. The van der Waals surface area contributed by atoms with Crippen molar-refractivity contribution in [3.63, 3.8) is 0 Å². The van der Waals surface area contributed by atoms with E-state index in [1.807, 2.05) is 19.0 Å². The molecule has 0 saturated carbocycles. The van der Waals surface area contributed by atoms with E-state index in [1.54, 1.807) is 19.1 Å². The number of anilines is 2. The van der Waals surface area contributed by atoms with Crippen molar-refractivity contribution < 1.29 is 22.4 Å². The summed E-state index contributed by atoms with van der Waals surface area (Å²) in [6.45, 7) is 3.40. The lowest BCUT2D eigenvalue weighted by Crippen LogP contribution is -2.31. The molecule has 0 aliphatic carbocycles. The van der Waals surface area contributed by atoms with Gasteiger partial charge in [-0.25, -0.2) is 9.37 Å². The first-order valence-electron chi connectivity index (χ1n) is 12.3. The van der Waals surface area contributed by atoms with Crippen molar-refractivity contribution in [2.75, 3.05) is 38.2 Å². The minimum atomic E-state index is -4.57. The highest BCUT2D eigenvalue weighted by molar-refractivity contribution is 6.04. The van der Waals surface area contributed by atoms with Crippen molar-refractivity contribution in [2.24, 2.45) is 0 Å². The number of likely N-dealkylation sites (N-methyl/N-ethyl adjacent to an activating group) is 1. The topological polar surface area (TPSA) is 74.5 Å². The molecule has 0 bridgehead atoms. The highest BCUT2D eigenvalue weighted by Crippen LogP contribution is 2.35. The molecule has 1 aliphatic rings. The van der Waals surface area contributed by atoms with Crippen LogP contribution < -0.4 is 11.1 Å². The molecule has 10 heteroatoms. The van der Waals surface area contributed by atoms with E-state index < -0.39 is 23.5 Å². The van der Waals surface area contributed by atoms with Crippen molar-refractivity contribution in [3.8, 4) is 11.8 Å². The van der Waals surface area contributed by atoms with Gasteiger partial charge in [0, 0.05) is 54.3 Å². The number of likely N-dealkylation sites (tertiary alicyclic amines) is 1. The van der Waals surface area contributed by atoms with Gasteiger partial charge in [0.2, 0.25) is 0 Å². The van der Waals surface area contributed by atoms with Crippen LogP contribution in [0.25, 0.3) is 0 Å². The van der Waals surface area contributed by atoms with Gasteiger partial charge in [-0.3, -0.25) is 9.69 Å². The molecule has 0 spiro atoms. The van der Waals surface area contributed by atoms with Gasteiger partial charge in [0.25, 0.3) is 5.91 Å². The number of carbonyl (C=O) groups excluding carboxylic acids is 1. The summed E-state index contributed by atoms with van der Waals surface area (Å²) in [5, 5.41) is 2.57. The molecule has 39 heavy (non-hydrogen) atoms. The highest BCUT2D eigenvalue weighted by atomic mass is 19.4. The first-order valence-corrected chi connectivity index (χ1v) is 12.3. The van der Waals surface area contributed by atoms with Crippen LogP contribution in [0.5, 0.6) is 0 Å². The van der Waals surface area contributed by atoms with Crippen LogP contribution in [0.3, 0.4) is 0 Å². The molecule has 2 aromatic carbocycles. The van der Waals surface area contributed by atoms with Gasteiger partial charge in [0.05, 0.1) is 5.56 Å². The molecule has 1 fully saturated rings. The Hall–Kier alpha value is -3.94. The fourth-order valence-electron chi connectivity index (χ4n) is 4.43. The fraction of sp³-hybridized carbons (Fsp3) is 0.310. The lowest BCUT2D eigenvalue weighted by atomic mass is 10.0. The maximum absolute atomic E-state index is 13.9. The molecule has 2 heterocycles. The minimum absolute atomic E-state index is 0.0419. The lowest BCUT2D eigenvalue weighted by Gasteiger charge is -2.22. The number of halogens is 4. The van der Waals surface area contributed by atoms with E-state index >= 15 is 0 Å². The first kappa shape index (κ1) is 28.1. The highest BCUT2D eigenvalue weighted by Gasteiger charge is 2.35. The van der Waals surface area contributed by atoms with Gasteiger partial charge in [-0.05, 0) is 68.9 Å². The molecule has 1 saturated heterocycles. The van der Waals surface area contributed by atoms with E-state index in [9.17, 15) is 22.4 Å².